The van der Waals surface area contributed by atoms with Gasteiger partial charge in [0.1, 0.15) is 5.82 Å². The number of hydrogen-bond acceptors (Lipinski definition) is 4. The Morgan fingerprint density at radius 1 is 1.19 bits per heavy atom. The molecule has 1 N–H and O–H groups in total. The first-order valence-electron chi connectivity index (χ1n) is 11.2. The van der Waals surface area contributed by atoms with E-state index in [9.17, 15) is 14.0 Å². The van der Waals surface area contributed by atoms with E-state index in [4.69, 9.17) is 4.74 Å². The highest BCUT2D eigenvalue weighted by Crippen LogP contribution is 2.23. The number of benzene rings is 1. The van der Waals surface area contributed by atoms with Gasteiger partial charge in [-0.15, -0.1) is 0 Å². The summed E-state index contributed by atoms with van der Waals surface area (Å²) in [6.45, 7) is 7.63. The molecule has 3 amide bonds. The fraction of sp³-hybridized carbons (Fsp3) is 0.652. The van der Waals surface area contributed by atoms with Crippen molar-refractivity contribution >= 4 is 17.6 Å². The van der Waals surface area contributed by atoms with Gasteiger partial charge in [-0.2, -0.15) is 0 Å². The molecule has 2 aliphatic rings. The van der Waals surface area contributed by atoms with Crippen LogP contribution in [0.15, 0.2) is 18.2 Å². The summed E-state index contributed by atoms with van der Waals surface area (Å²) in [4.78, 5) is 30.7. The summed E-state index contributed by atoms with van der Waals surface area (Å²) in [6.07, 6.45) is 3.99. The number of ether oxygens (including phenoxy) is 1. The number of carbonyl (C=O) groups excluding carboxylic acids is 2. The van der Waals surface area contributed by atoms with E-state index in [1.54, 1.807) is 37.9 Å². The summed E-state index contributed by atoms with van der Waals surface area (Å²) >= 11 is 0. The first-order chi connectivity index (χ1) is 14.9. The van der Waals surface area contributed by atoms with Crippen molar-refractivity contribution in [2.75, 3.05) is 51.8 Å². The molecule has 3 rings (SSSR count). The number of halogens is 1. The molecule has 0 saturated carbocycles. The van der Waals surface area contributed by atoms with Gasteiger partial charge in [0.15, 0.2) is 0 Å². The minimum atomic E-state index is -0.335. The lowest BCUT2D eigenvalue weighted by molar-refractivity contribution is -0.131. The van der Waals surface area contributed by atoms with Crippen LogP contribution >= 0.6 is 0 Å². The largest absolute Gasteiger partial charge is 0.381 e. The van der Waals surface area contributed by atoms with Crippen molar-refractivity contribution in [2.24, 2.45) is 0 Å². The van der Waals surface area contributed by atoms with E-state index in [0.717, 1.165) is 58.5 Å². The molecule has 2 fully saturated rings. The lowest BCUT2D eigenvalue weighted by Gasteiger charge is -2.44. The molecule has 1 aromatic rings. The molecule has 2 aliphatic heterocycles. The minimum absolute atomic E-state index is 0.124. The molecule has 0 radical (unpaired) electrons. The van der Waals surface area contributed by atoms with Crippen LogP contribution in [0.4, 0.5) is 14.9 Å². The van der Waals surface area contributed by atoms with Gasteiger partial charge in [-0.3, -0.25) is 9.69 Å². The molecule has 0 spiro atoms. The van der Waals surface area contributed by atoms with E-state index < -0.39 is 0 Å². The van der Waals surface area contributed by atoms with Crippen LogP contribution in [-0.2, 0) is 9.53 Å². The molecule has 1 unspecified atom stereocenters. The molecule has 0 aliphatic carbocycles. The van der Waals surface area contributed by atoms with Crippen LogP contribution < -0.4 is 5.32 Å². The zero-order valence-corrected chi connectivity index (χ0v) is 18.9. The lowest BCUT2D eigenvalue weighted by Crippen LogP contribution is -2.55. The average Bonchev–Trinajstić information content (AvgIpc) is 2.77. The van der Waals surface area contributed by atoms with Crippen LogP contribution in [0.1, 0.15) is 38.2 Å². The highest BCUT2D eigenvalue weighted by molar-refractivity contribution is 5.89. The number of amides is 3. The average molecular weight is 435 g/mol. The summed E-state index contributed by atoms with van der Waals surface area (Å²) in [5, 5.41) is 2.81. The first-order valence-corrected chi connectivity index (χ1v) is 11.2. The molecular weight excluding hydrogens is 399 g/mol. The fourth-order valence-corrected chi connectivity index (χ4v) is 4.51. The molecule has 2 saturated heterocycles. The van der Waals surface area contributed by atoms with Gasteiger partial charge in [-0.1, -0.05) is 6.07 Å². The van der Waals surface area contributed by atoms with Crippen LogP contribution in [0.25, 0.3) is 0 Å². The van der Waals surface area contributed by atoms with Gasteiger partial charge < -0.3 is 19.9 Å². The third-order valence-electron chi connectivity index (χ3n) is 6.52. The maximum atomic E-state index is 13.8. The minimum Gasteiger partial charge on any atom is -0.381 e. The predicted molar refractivity (Wildman–Crippen MR) is 119 cm³/mol. The Kier molecular flexibility index (Phi) is 8.26. The van der Waals surface area contributed by atoms with Crippen molar-refractivity contribution in [1.29, 1.82) is 0 Å². The summed E-state index contributed by atoms with van der Waals surface area (Å²) in [5.74, 6) is -0.211. The van der Waals surface area contributed by atoms with Crippen molar-refractivity contribution < 1.29 is 18.7 Å². The summed E-state index contributed by atoms with van der Waals surface area (Å²) in [5.41, 5.74) is 0.919. The highest BCUT2D eigenvalue weighted by Gasteiger charge is 2.32. The number of nitrogens with zero attached hydrogens (tertiary/aromatic N) is 3. The normalized spacial score (nSPS) is 20.0. The van der Waals surface area contributed by atoms with E-state index in [1.807, 2.05) is 4.90 Å². The zero-order chi connectivity index (χ0) is 22.4. The number of nitrogens with one attached hydrogen (secondary N) is 1. The number of urea groups is 1. The van der Waals surface area contributed by atoms with E-state index in [0.29, 0.717) is 29.9 Å². The first kappa shape index (κ1) is 23.5. The third kappa shape index (κ3) is 6.17. The number of likely N-dealkylation sites (N-methyl/N-ethyl adjacent to an activating group) is 1. The number of carbonyl (C=O) groups is 2. The van der Waals surface area contributed by atoms with Crippen LogP contribution in [0.2, 0.25) is 0 Å². The van der Waals surface area contributed by atoms with Gasteiger partial charge >= 0.3 is 6.03 Å². The Labute approximate surface area is 184 Å². The smallest absolute Gasteiger partial charge is 0.321 e. The third-order valence-corrected chi connectivity index (χ3v) is 6.52. The standard InChI is InChI=1S/C23H35FN4O3/c1-17-21(24)7-4-8-22(17)25-23(30)26(3)12-13-28(19-9-14-31-15-10-19)20-6-5-11-27(16-20)18(2)29/h4,7-8,19-20H,5-6,9-16H2,1-3H3,(H,25,30). The number of likely N-dealkylation sites (tertiary alicyclic amines) is 1. The Morgan fingerprint density at radius 2 is 1.94 bits per heavy atom. The van der Waals surface area contributed by atoms with Crippen molar-refractivity contribution in [1.82, 2.24) is 14.7 Å². The Balaban J connectivity index is 1.62. The van der Waals surface area contributed by atoms with Crippen LogP contribution in [0.3, 0.4) is 0 Å². The molecule has 0 bridgehead atoms. The van der Waals surface area contributed by atoms with Gasteiger partial charge in [0.25, 0.3) is 0 Å². The molecule has 0 aromatic heterocycles. The second-order valence-corrected chi connectivity index (χ2v) is 8.61. The molecule has 2 heterocycles. The molecule has 8 heteroatoms. The van der Waals surface area contributed by atoms with Gasteiger partial charge in [-0.05, 0) is 44.7 Å². The highest BCUT2D eigenvalue weighted by atomic mass is 19.1. The second kappa shape index (κ2) is 10.9. The van der Waals surface area contributed by atoms with Crippen LogP contribution in [0, 0.1) is 12.7 Å². The van der Waals surface area contributed by atoms with Crippen molar-refractivity contribution in [3.63, 3.8) is 0 Å². The van der Waals surface area contributed by atoms with Crippen LogP contribution in [0.5, 0.6) is 0 Å². The maximum Gasteiger partial charge on any atom is 0.321 e. The number of piperidine rings is 1. The maximum absolute atomic E-state index is 13.8. The van der Waals surface area contributed by atoms with Crippen molar-refractivity contribution in [3.8, 4) is 0 Å². The molecule has 172 valence electrons. The van der Waals surface area contributed by atoms with E-state index >= 15 is 0 Å². The van der Waals surface area contributed by atoms with Gasteiger partial charge in [0.05, 0.1) is 0 Å². The molecule has 1 aromatic carbocycles. The lowest BCUT2D eigenvalue weighted by atomic mass is 9.98. The topological polar surface area (TPSA) is 65.1 Å². The summed E-state index contributed by atoms with van der Waals surface area (Å²) in [7, 11) is 1.76. The monoisotopic (exact) mass is 434 g/mol. The Hall–Kier alpha value is -2.19. The van der Waals surface area contributed by atoms with Crippen molar-refractivity contribution in [2.45, 2.75) is 51.6 Å². The van der Waals surface area contributed by atoms with Gasteiger partial charge in [0.2, 0.25) is 5.91 Å². The zero-order valence-electron chi connectivity index (χ0n) is 18.9. The SMILES string of the molecule is CC(=O)N1CCCC(N(CCN(C)C(=O)Nc2cccc(F)c2C)C2CCOCC2)C1. The number of rotatable bonds is 6. The predicted octanol–water partition coefficient (Wildman–Crippen LogP) is 3.09. The Morgan fingerprint density at radius 3 is 2.65 bits per heavy atom. The van der Waals surface area contributed by atoms with E-state index in [1.165, 1.54) is 6.07 Å². The van der Waals surface area contributed by atoms with E-state index in [-0.39, 0.29) is 17.8 Å². The number of anilines is 1. The molecular formula is C23H35FN4O3. The van der Waals surface area contributed by atoms with Gasteiger partial charge in [0, 0.05) is 76.7 Å². The molecule has 7 nitrogen and oxygen atoms in total. The van der Waals surface area contributed by atoms with Crippen molar-refractivity contribution in [3.05, 3.63) is 29.6 Å². The van der Waals surface area contributed by atoms with E-state index in [2.05, 4.69) is 10.2 Å². The molecule has 31 heavy (non-hydrogen) atoms. The van der Waals surface area contributed by atoms with Gasteiger partial charge in [-0.25, -0.2) is 9.18 Å². The van der Waals surface area contributed by atoms with Crippen LogP contribution in [-0.4, -0.2) is 85.2 Å². The second-order valence-electron chi connectivity index (χ2n) is 8.61. The fourth-order valence-electron chi connectivity index (χ4n) is 4.51. The summed E-state index contributed by atoms with van der Waals surface area (Å²) < 4.78 is 19.3. The summed E-state index contributed by atoms with van der Waals surface area (Å²) in [6, 6.07) is 5.12. The molecule has 1 atom stereocenters. The number of hydrogen-bond donors (Lipinski definition) is 1. The Bertz CT molecular complexity index is 769. The quantitative estimate of drug-likeness (QED) is 0.747.